The first-order valence-corrected chi connectivity index (χ1v) is 10.1. The standard InChI is InChI=1S/C19H34N6O/c1-22(2)14-17-20-21-19(23(17)3)16-9-8-12-25(13-16)18(26)15-24-10-6-4-5-7-11-24/h16H,4-15H2,1-3H3/t16-/m0/s1. The smallest absolute Gasteiger partial charge is 0.236 e. The van der Waals surface area contributed by atoms with E-state index in [4.69, 9.17) is 0 Å². The van der Waals surface area contributed by atoms with E-state index in [-0.39, 0.29) is 5.91 Å². The van der Waals surface area contributed by atoms with Gasteiger partial charge in [-0.2, -0.15) is 0 Å². The lowest BCUT2D eigenvalue weighted by Gasteiger charge is -2.33. The highest BCUT2D eigenvalue weighted by Crippen LogP contribution is 2.26. The van der Waals surface area contributed by atoms with E-state index in [0.717, 1.165) is 57.2 Å². The fourth-order valence-electron chi connectivity index (χ4n) is 4.15. The van der Waals surface area contributed by atoms with Crippen molar-refractivity contribution in [3.63, 3.8) is 0 Å². The van der Waals surface area contributed by atoms with Crippen LogP contribution in [0.5, 0.6) is 0 Å². The molecular formula is C19H34N6O. The second-order valence-corrected chi connectivity index (χ2v) is 8.14. The molecule has 0 aromatic carbocycles. The lowest BCUT2D eigenvalue weighted by atomic mass is 9.97. The summed E-state index contributed by atoms with van der Waals surface area (Å²) in [7, 11) is 6.13. The second-order valence-electron chi connectivity index (χ2n) is 8.14. The molecule has 1 aromatic rings. The minimum atomic E-state index is 0.285. The molecule has 1 aromatic heterocycles. The normalized spacial score (nSPS) is 22.6. The molecule has 0 bridgehead atoms. The zero-order valence-corrected chi connectivity index (χ0v) is 16.7. The van der Waals surface area contributed by atoms with Gasteiger partial charge in [-0.15, -0.1) is 10.2 Å². The SMILES string of the molecule is CN(C)Cc1nnc([C@H]2CCCN(C(=O)CN3CCCCCC3)C2)n1C. The number of rotatable bonds is 5. The molecule has 2 aliphatic heterocycles. The maximum absolute atomic E-state index is 12.8. The van der Waals surface area contributed by atoms with Crippen molar-refractivity contribution in [2.45, 2.75) is 51.0 Å². The molecule has 0 aliphatic carbocycles. The van der Waals surface area contributed by atoms with Crippen LogP contribution in [-0.2, 0) is 18.4 Å². The van der Waals surface area contributed by atoms with Crippen molar-refractivity contribution in [3.05, 3.63) is 11.6 Å². The Morgan fingerprint density at radius 3 is 2.50 bits per heavy atom. The van der Waals surface area contributed by atoms with E-state index in [2.05, 4.69) is 29.5 Å². The van der Waals surface area contributed by atoms with E-state index in [0.29, 0.717) is 12.5 Å². The van der Waals surface area contributed by atoms with Crippen LogP contribution >= 0.6 is 0 Å². The van der Waals surface area contributed by atoms with E-state index in [1.54, 1.807) is 0 Å². The summed E-state index contributed by atoms with van der Waals surface area (Å²) in [4.78, 5) is 19.3. The van der Waals surface area contributed by atoms with E-state index in [1.165, 1.54) is 25.7 Å². The Morgan fingerprint density at radius 1 is 1.08 bits per heavy atom. The van der Waals surface area contributed by atoms with Gasteiger partial charge in [0.15, 0.2) is 0 Å². The van der Waals surface area contributed by atoms with Crippen LogP contribution in [0.4, 0.5) is 0 Å². The highest BCUT2D eigenvalue weighted by molar-refractivity contribution is 5.78. The monoisotopic (exact) mass is 362 g/mol. The third kappa shape index (κ3) is 4.82. The summed E-state index contributed by atoms with van der Waals surface area (Å²) in [6.07, 6.45) is 7.19. The molecule has 7 heteroatoms. The zero-order valence-electron chi connectivity index (χ0n) is 16.7. The van der Waals surface area contributed by atoms with Gasteiger partial charge in [-0.3, -0.25) is 9.69 Å². The van der Waals surface area contributed by atoms with Gasteiger partial charge in [0.25, 0.3) is 0 Å². The summed E-state index contributed by atoms with van der Waals surface area (Å²) in [5.74, 6) is 2.59. The first-order valence-electron chi connectivity index (χ1n) is 10.1. The number of hydrogen-bond donors (Lipinski definition) is 0. The summed E-state index contributed by atoms with van der Waals surface area (Å²) in [5, 5.41) is 8.82. The predicted octanol–water partition coefficient (Wildman–Crippen LogP) is 1.46. The van der Waals surface area contributed by atoms with Crippen molar-refractivity contribution in [1.29, 1.82) is 0 Å². The van der Waals surface area contributed by atoms with Crippen LogP contribution in [0.2, 0.25) is 0 Å². The molecule has 1 atom stereocenters. The Hall–Kier alpha value is -1.47. The molecule has 2 aliphatic rings. The van der Waals surface area contributed by atoms with Crippen LogP contribution in [0.15, 0.2) is 0 Å². The summed E-state index contributed by atoms with van der Waals surface area (Å²) < 4.78 is 2.12. The van der Waals surface area contributed by atoms with Gasteiger partial charge < -0.3 is 14.4 Å². The molecule has 0 N–H and O–H groups in total. The van der Waals surface area contributed by atoms with Crippen LogP contribution in [0.1, 0.15) is 56.1 Å². The van der Waals surface area contributed by atoms with Crippen molar-refractivity contribution in [3.8, 4) is 0 Å². The summed E-state index contributed by atoms with van der Waals surface area (Å²) in [5.41, 5.74) is 0. The number of amides is 1. The average molecular weight is 363 g/mol. The molecule has 0 spiro atoms. The third-order valence-electron chi connectivity index (χ3n) is 5.65. The Balaban J connectivity index is 1.60. The summed E-state index contributed by atoms with van der Waals surface area (Å²) >= 11 is 0. The first-order chi connectivity index (χ1) is 12.5. The molecule has 0 radical (unpaired) electrons. The quantitative estimate of drug-likeness (QED) is 0.794. The molecule has 3 heterocycles. The number of aromatic nitrogens is 3. The van der Waals surface area contributed by atoms with Crippen molar-refractivity contribution in [1.82, 2.24) is 29.5 Å². The molecular weight excluding hydrogens is 328 g/mol. The number of likely N-dealkylation sites (tertiary alicyclic amines) is 2. The number of piperidine rings is 1. The van der Waals surface area contributed by atoms with Gasteiger partial charge in [-0.05, 0) is 52.9 Å². The van der Waals surface area contributed by atoms with Crippen molar-refractivity contribution < 1.29 is 4.79 Å². The predicted molar refractivity (Wildman–Crippen MR) is 102 cm³/mol. The number of carbonyl (C=O) groups is 1. The van der Waals surface area contributed by atoms with Gasteiger partial charge in [0, 0.05) is 26.1 Å². The summed E-state index contributed by atoms with van der Waals surface area (Å²) in [6.45, 7) is 5.16. The third-order valence-corrected chi connectivity index (χ3v) is 5.65. The van der Waals surface area contributed by atoms with Gasteiger partial charge >= 0.3 is 0 Å². The van der Waals surface area contributed by atoms with Crippen molar-refractivity contribution in [2.75, 3.05) is 46.8 Å². The Morgan fingerprint density at radius 2 is 1.81 bits per heavy atom. The molecule has 26 heavy (non-hydrogen) atoms. The molecule has 7 nitrogen and oxygen atoms in total. The highest BCUT2D eigenvalue weighted by Gasteiger charge is 2.29. The van der Waals surface area contributed by atoms with Crippen LogP contribution in [0.25, 0.3) is 0 Å². The topological polar surface area (TPSA) is 57.5 Å². The average Bonchev–Trinajstić information content (AvgIpc) is 2.82. The minimum Gasteiger partial charge on any atom is -0.341 e. The second kappa shape index (κ2) is 8.95. The van der Waals surface area contributed by atoms with Gasteiger partial charge in [0.1, 0.15) is 11.6 Å². The molecule has 2 fully saturated rings. The Kier molecular flexibility index (Phi) is 6.64. The Bertz CT molecular complexity index is 591. The highest BCUT2D eigenvalue weighted by atomic mass is 16.2. The first kappa shape index (κ1) is 19.3. The molecule has 0 saturated carbocycles. The van der Waals surface area contributed by atoms with Crippen LogP contribution in [0, 0.1) is 0 Å². The van der Waals surface area contributed by atoms with Crippen LogP contribution in [-0.4, -0.2) is 82.2 Å². The lowest BCUT2D eigenvalue weighted by molar-refractivity contribution is -0.133. The molecule has 2 saturated heterocycles. The van der Waals surface area contributed by atoms with Gasteiger partial charge in [0.05, 0.1) is 13.1 Å². The number of hydrogen-bond acceptors (Lipinski definition) is 5. The maximum atomic E-state index is 12.8. The number of carbonyl (C=O) groups excluding carboxylic acids is 1. The van der Waals surface area contributed by atoms with Gasteiger partial charge in [-0.1, -0.05) is 12.8 Å². The van der Waals surface area contributed by atoms with Gasteiger partial charge in [0.2, 0.25) is 5.91 Å². The lowest BCUT2D eigenvalue weighted by Crippen LogP contribution is -2.45. The Labute approximate surface area is 157 Å². The largest absolute Gasteiger partial charge is 0.341 e. The molecule has 146 valence electrons. The number of nitrogens with zero attached hydrogens (tertiary/aromatic N) is 6. The van der Waals surface area contributed by atoms with E-state index in [9.17, 15) is 4.79 Å². The fraction of sp³-hybridized carbons (Fsp3) is 0.842. The fourth-order valence-corrected chi connectivity index (χ4v) is 4.15. The molecule has 3 rings (SSSR count). The molecule has 0 unspecified atom stereocenters. The van der Waals surface area contributed by atoms with Crippen LogP contribution < -0.4 is 0 Å². The van der Waals surface area contributed by atoms with E-state index in [1.807, 2.05) is 21.1 Å². The van der Waals surface area contributed by atoms with Crippen molar-refractivity contribution >= 4 is 5.91 Å². The zero-order chi connectivity index (χ0) is 18.5. The van der Waals surface area contributed by atoms with E-state index >= 15 is 0 Å². The maximum Gasteiger partial charge on any atom is 0.236 e. The summed E-state index contributed by atoms with van der Waals surface area (Å²) in [6, 6.07) is 0. The minimum absolute atomic E-state index is 0.285. The molecule has 1 amide bonds. The van der Waals surface area contributed by atoms with Crippen LogP contribution in [0.3, 0.4) is 0 Å². The van der Waals surface area contributed by atoms with E-state index < -0.39 is 0 Å². The van der Waals surface area contributed by atoms with Gasteiger partial charge in [-0.25, -0.2) is 0 Å². The van der Waals surface area contributed by atoms with Crippen molar-refractivity contribution in [2.24, 2.45) is 7.05 Å².